The van der Waals surface area contributed by atoms with Crippen LogP contribution in [0.5, 0.6) is 0 Å². The highest BCUT2D eigenvalue weighted by Gasteiger charge is 2.24. The van der Waals surface area contributed by atoms with Crippen LogP contribution >= 0.6 is 11.6 Å². The molecule has 30 heavy (non-hydrogen) atoms. The van der Waals surface area contributed by atoms with Crippen LogP contribution in [0.3, 0.4) is 0 Å². The standard InChI is InChI=1S/C23H27ClFN3O2/c1-16-4-9-20(10-5-16)27-23(30)28-12-2-3-17(15-28)6-11-22(29)26-14-18-7-8-19(25)13-21(18)24/h4-5,7-10,13,17H,2-3,6,11-12,14-15H2,1H3,(H,26,29)(H,27,30)/t17-/m1/s1. The van der Waals surface area contributed by atoms with E-state index in [1.165, 1.54) is 12.1 Å². The van der Waals surface area contributed by atoms with Gasteiger partial charge in [-0.3, -0.25) is 4.79 Å². The Morgan fingerprint density at radius 1 is 1.20 bits per heavy atom. The number of rotatable bonds is 6. The van der Waals surface area contributed by atoms with Crippen molar-refractivity contribution in [2.24, 2.45) is 5.92 Å². The molecular formula is C23H27ClFN3O2. The number of hydrogen-bond donors (Lipinski definition) is 2. The molecule has 1 heterocycles. The minimum Gasteiger partial charge on any atom is -0.352 e. The molecule has 1 aliphatic heterocycles. The van der Waals surface area contributed by atoms with E-state index in [0.29, 0.717) is 29.5 Å². The summed E-state index contributed by atoms with van der Waals surface area (Å²) in [5.74, 6) is -0.178. The summed E-state index contributed by atoms with van der Waals surface area (Å²) >= 11 is 5.99. The Hall–Kier alpha value is -2.60. The second-order valence-electron chi connectivity index (χ2n) is 7.80. The smallest absolute Gasteiger partial charge is 0.321 e. The van der Waals surface area contributed by atoms with Gasteiger partial charge in [-0.1, -0.05) is 35.4 Å². The van der Waals surface area contributed by atoms with Crippen LogP contribution in [0.4, 0.5) is 14.9 Å². The van der Waals surface area contributed by atoms with Gasteiger partial charge in [0, 0.05) is 36.8 Å². The second-order valence-corrected chi connectivity index (χ2v) is 8.21. The minimum atomic E-state index is -0.400. The SMILES string of the molecule is Cc1ccc(NC(=O)N2CCC[C@H](CCC(=O)NCc3ccc(F)cc3Cl)C2)cc1. The lowest BCUT2D eigenvalue weighted by molar-refractivity contribution is -0.121. The molecule has 0 spiro atoms. The summed E-state index contributed by atoms with van der Waals surface area (Å²) in [4.78, 5) is 26.6. The molecule has 2 aromatic rings. The third kappa shape index (κ3) is 6.46. The number of aryl methyl sites for hydroxylation is 1. The van der Waals surface area contributed by atoms with E-state index in [4.69, 9.17) is 11.6 Å². The highest BCUT2D eigenvalue weighted by molar-refractivity contribution is 6.31. The molecule has 0 saturated carbocycles. The number of halogens is 2. The van der Waals surface area contributed by atoms with E-state index in [1.54, 1.807) is 6.07 Å². The highest BCUT2D eigenvalue weighted by atomic mass is 35.5. The van der Waals surface area contributed by atoms with Gasteiger partial charge >= 0.3 is 6.03 Å². The number of amides is 3. The topological polar surface area (TPSA) is 61.4 Å². The third-order valence-corrected chi connectivity index (χ3v) is 5.73. The molecule has 0 aromatic heterocycles. The first-order chi connectivity index (χ1) is 14.4. The maximum Gasteiger partial charge on any atom is 0.321 e. The molecule has 1 atom stereocenters. The Morgan fingerprint density at radius 3 is 2.70 bits per heavy atom. The Balaban J connectivity index is 1.42. The monoisotopic (exact) mass is 431 g/mol. The summed E-state index contributed by atoms with van der Waals surface area (Å²) in [7, 11) is 0. The first-order valence-corrected chi connectivity index (χ1v) is 10.6. The minimum absolute atomic E-state index is 0.0726. The van der Waals surface area contributed by atoms with Gasteiger partial charge in [-0.2, -0.15) is 0 Å². The number of piperidine rings is 1. The maximum absolute atomic E-state index is 13.1. The Morgan fingerprint density at radius 2 is 1.97 bits per heavy atom. The number of carbonyl (C=O) groups is 2. The van der Waals surface area contributed by atoms with Crippen molar-refractivity contribution in [3.63, 3.8) is 0 Å². The molecule has 0 aliphatic carbocycles. The van der Waals surface area contributed by atoms with E-state index in [0.717, 1.165) is 37.1 Å². The molecule has 5 nitrogen and oxygen atoms in total. The van der Waals surface area contributed by atoms with E-state index in [-0.39, 0.29) is 18.5 Å². The van der Waals surface area contributed by atoms with Crippen molar-refractivity contribution in [1.82, 2.24) is 10.2 Å². The summed E-state index contributed by atoms with van der Waals surface area (Å²) in [6.45, 7) is 3.65. The van der Waals surface area contributed by atoms with Crippen LogP contribution in [0.2, 0.25) is 5.02 Å². The van der Waals surface area contributed by atoms with Crippen LogP contribution in [0.1, 0.15) is 36.8 Å². The summed E-state index contributed by atoms with van der Waals surface area (Å²) in [6, 6.07) is 11.8. The van der Waals surface area contributed by atoms with Crippen LogP contribution in [0.25, 0.3) is 0 Å². The quantitative estimate of drug-likeness (QED) is 0.666. The lowest BCUT2D eigenvalue weighted by Gasteiger charge is -2.32. The van der Waals surface area contributed by atoms with Crippen molar-refractivity contribution in [3.8, 4) is 0 Å². The molecule has 1 fully saturated rings. The zero-order chi connectivity index (χ0) is 21.5. The Labute approximate surface area is 181 Å². The van der Waals surface area contributed by atoms with Gasteiger partial charge in [0.05, 0.1) is 0 Å². The molecule has 3 rings (SSSR count). The average molecular weight is 432 g/mol. The fraction of sp³-hybridized carbons (Fsp3) is 0.391. The van der Waals surface area contributed by atoms with Gasteiger partial charge in [0.15, 0.2) is 0 Å². The van der Waals surface area contributed by atoms with E-state index in [9.17, 15) is 14.0 Å². The number of benzene rings is 2. The first kappa shape index (κ1) is 22.1. The molecule has 2 N–H and O–H groups in total. The van der Waals surface area contributed by atoms with Crippen molar-refractivity contribution in [2.75, 3.05) is 18.4 Å². The number of nitrogens with one attached hydrogen (secondary N) is 2. The van der Waals surface area contributed by atoms with Crippen LogP contribution in [0, 0.1) is 18.7 Å². The van der Waals surface area contributed by atoms with Gasteiger partial charge in [0.2, 0.25) is 5.91 Å². The summed E-state index contributed by atoms with van der Waals surface area (Å²) in [6.07, 6.45) is 3.04. The molecule has 1 saturated heterocycles. The van der Waals surface area contributed by atoms with Gasteiger partial charge in [0.1, 0.15) is 5.82 Å². The molecule has 0 unspecified atom stereocenters. The molecule has 0 bridgehead atoms. The number of likely N-dealkylation sites (tertiary alicyclic amines) is 1. The second kappa shape index (κ2) is 10.4. The fourth-order valence-electron chi connectivity index (χ4n) is 3.61. The van der Waals surface area contributed by atoms with Crippen LogP contribution in [0.15, 0.2) is 42.5 Å². The number of anilines is 1. The number of carbonyl (C=O) groups excluding carboxylic acids is 2. The average Bonchev–Trinajstić information content (AvgIpc) is 2.73. The largest absolute Gasteiger partial charge is 0.352 e. The van der Waals surface area contributed by atoms with Crippen molar-refractivity contribution >= 4 is 29.2 Å². The van der Waals surface area contributed by atoms with E-state index < -0.39 is 5.82 Å². The maximum atomic E-state index is 13.1. The predicted molar refractivity (Wildman–Crippen MR) is 117 cm³/mol. The van der Waals surface area contributed by atoms with Gasteiger partial charge < -0.3 is 15.5 Å². The predicted octanol–water partition coefficient (Wildman–Crippen LogP) is 5.13. The summed E-state index contributed by atoms with van der Waals surface area (Å²) < 4.78 is 13.1. The van der Waals surface area contributed by atoms with Crippen LogP contribution < -0.4 is 10.6 Å². The van der Waals surface area contributed by atoms with Gasteiger partial charge in [-0.15, -0.1) is 0 Å². The number of hydrogen-bond acceptors (Lipinski definition) is 2. The number of nitrogens with zero attached hydrogens (tertiary/aromatic N) is 1. The van der Waals surface area contributed by atoms with Gasteiger partial charge in [-0.05, 0) is 61.9 Å². The Bertz CT molecular complexity index is 889. The van der Waals surface area contributed by atoms with Gasteiger partial charge in [0.25, 0.3) is 0 Å². The van der Waals surface area contributed by atoms with Crippen molar-refractivity contribution in [3.05, 3.63) is 64.4 Å². The van der Waals surface area contributed by atoms with Crippen molar-refractivity contribution in [1.29, 1.82) is 0 Å². The molecule has 2 aromatic carbocycles. The fourth-order valence-corrected chi connectivity index (χ4v) is 3.84. The highest BCUT2D eigenvalue weighted by Crippen LogP contribution is 2.22. The van der Waals surface area contributed by atoms with Crippen molar-refractivity contribution < 1.29 is 14.0 Å². The van der Waals surface area contributed by atoms with Crippen molar-refractivity contribution in [2.45, 2.75) is 39.2 Å². The lowest BCUT2D eigenvalue weighted by atomic mass is 9.93. The molecule has 160 valence electrons. The third-order valence-electron chi connectivity index (χ3n) is 5.38. The number of urea groups is 1. The van der Waals surface area contributed by atoms with Crippen LogP contribution in [-0.2, 0) is 11.3 Å². The van der Waals surface area contributed by atoms with Gasteiger partial charge in [-0.25, -0.2) is 9.18 Å². The zero-order valence-electron chi connectivity index (χ0n) is 17.1. The van der Waals surface area contributed by atoms with E-state index >= 15 is 0 Å². The molecule has 0 radical (unpaired) electrons. The van der Waals surface area contributed by atoms with E-state index in [1.807, 2.05) is 36.1 Å². The molecule has 7 heteroatoms. The summed E-state index contributed by atoms with van der Waals surface area (Å²) in [5.41, 5.74) is 2.61. The molecule has 1 aliphatic rings. The van der Waals surface area contributed by atoms with Crippen LogP contribution in [-0.4, -0.2) is 29.9 Å². The lowest BCUT2D eigenvalue weighted by Crippen LogP contribution is -2.42. The van der Waals surface area contributed by atoms with E-state index in [2.05, 4.69) is 10.6 Å². The zero-order valence-corrected chi connectivity index (χ0v) is 17.8. The normalized spacial score (nSPS) is 16.2. The first-order valence-electron chi connectivity index (χ1n) is 10.2. The summed E-state index contributed by atoms with van der Waals surface area (Å²) in [5, 5.41) is 6.08. The molecule has 3 amide bonds. The molecular weight excluding hydrogens is 405 g/mol. The Kier molecular flexibility index (Phi) is 7.69.